The maximum absolute atomic E-state index is 12.0. The lowest BCUT2D eigenvalue weighted by Crippen LogP contribution is -2.20. The number of aliphatic hydroxyl groups excluding tert-OH is 1. The molecule has 1 atom stereocenters. The first-order valence-electron chi connectivity index (χ1n) is 4.86. The van der Waals surface area contributed by atoms with Crippen molar-refractivity contribution in [2.24, 2.45) is 0 Å². The number of rotatable bonds is 4. The third kappa shape index (κ3) is 3.88. The summed E-state index contributed by atoms with van der Waals surface area (Å²) in [4.78, 5) is 9.80. The number of halogens is 3. The van der Waals surface area contributed by atoms with Gasteiger partial charge in [-0.05, 0) is 13.0 Å². The maximum atomic E-state index is 12.0. The predicted molar refractivity (Wildman–Crippen MR) is 55.3 cm³/mol. The van der Waals surface area contributed by atoms with Crippen LogP contribution in [0.3, 0.4) is 0 Å². The summed E-state index contributed by atoms with van der Waals surface area (Å²) in [6.07, 6.45) is -5.69. The topological polar surface area (TPSA) is 72.6 Å². The van der Waals surface area contributed by atoms with Gasteiger partial charge in [-0.1, -0.05) is 0 Å². The molecule has 0 aliphatic carbocycles. The molecule has 5 nitrogen and oxygen atoms in total. The van der Waals surface area contributed by atoms with Crippen LogP contribution in [0.1, 0.15) is 18.6 Å². The number of ether oxygens (including phenoxy) is 1. The van der Waals surface area contributed by atoms with Crippen LogP contribution < -0.4 is 4.74 Å². The fourth-order valence-electron chi connectivity index (χ4n) is 1.27. The van der Waals surface area contributed by atoms with Crippen molar-refractivity contribution < 1.29 is 27.9 Å². The quantitative estimate of drug-likeness (QED) is 0.670. The van der Waals surface area contributed by atoms with Gasteiger partial charge in [-0.2, -0.15) is 13.2 Å². The molecule has 100 valence electrons. The van der Waals surface area contributed by atoms with E-state index in [4.69, 9.17) is 0 Å². The van der Waals surface area contributed by atoms with E-state index >= 15 is 0 Å². The van der Waals surface area contributed by atoms with E-state index in [1.807, 2.05) is 0 Å². The molecule has 1 rings (SSSR count). The number of nitro groups is 1. The summed E-state index contributed by atoms with van der Waals surface area (Å²) in [5.74, 6) is -0.229. The molecule has 0 aromatic heterocycles. The van der Waals surface area contributed by atoms with Gasteiger partial charge in [0.1, 0.15) is 5.75 Å². The monoisotopic (exact) mass is 265 g/mol. The third-order valence-electron chi connectivity index (χ3n) is 2.05. The van der Waals surface area contributed by atoms with Crippen molar-refractivity contribution in [2.75, 3.05) is 6.61 Å². The van der Waals surface area contributed by atoms with E-state index in [1.165, 1.54) is 6.92 Å². The Labute approximate surface area is 99.9 Å². The third-order valence-corrected chi connectivity index (χ3v) is 2.05. The van der Waals surface area contributed by atoms with Gasteiger partial charge in [0.25, 0.3) is 5.69 Å². The smallest absolute Gasteiger partial charge is 0.422 e. The molecule has 0 saturated heterocycles. The average Bonchev–Trinajstić information content (AvgIpc) is 2.24. The highest BCUT2D eigenvalue weighted by molar-refractivity contribution is 5.44. The SMILES string of the molecule is CC(O)c1cc([N+](=O)[O-])ccc1OCC(F)(F)F. The minimum Gasteiger partial charge on any atom is -0.484 e. The normalized spacial score (nSPS) is 13.2. The second kappa shape index (κ2) is 5.21. The van der Waals surface area contributed by atoms with Gasteiger partial charge in [0.05, 0.1) is 11.0 Å². The number of hydrogen-bond donors (Lipinski definition) is 1. The predicted octanol–water partition coefficient (Wildman–Crippen LogP) is 2.59. The lowest BCUT2D eigenvalue weighted by atomic mass is 10.1. The van der Waals surface area contributed by atoms with Gasteiger partial charge in [0, 0.05) is 17.7 Å². The van der Waals surface area contributed by atoms with Crippen LogP contribution in [0.4, 0.5) is 18.9 Å². The van der Waals surface area contributed by atoms with E-state index in [0.29, 0.717) is 0 Å². The van der Waals surface area contributed by atoms with Crippen molar-refractivity contribution in [3.63, 3.8) is 0 Å². The molecule has 1 N–H and O–H groups in total. The van der Waals surface area contributed by atoms with Crippen molar-refractivity contribution in [2.45, 2.75) is 19.2 Å². The molecule has 0 fully saturated rings. The zero-order valence-corrected chi connectivity index (χ0v) is 9.27. The van der Waals surface area contributed by atoms with E-state index in [-0.39, 0.29) is 17.0 Å². The second-order valence-electron chi connectivity index (χ2n) is 3.56. The van der Waals surface area contributed by atoms with Crippen LogP contribution in [0, 0.1) is 10.1 Å². The standard InChI is InChI=1S/C10H10F3NO4/c1-6(15)8-4-7(14(16)17)2-3-9(8)18-5-10(11,12)13/h2-4,6,15H,5H2,1H3. The van der Waals surface area contributed by atoms with Crippen molar-refractivity contribution in [1.29, 1.82) is 0 Å². The van der Waals surface area contributed by atoms with Gasteiger partial charge in [-0.15, -0.1) is 0 Å². The minimum atomic E-state index is -4.52. The van der Waals surface area contributed by atoms with E-state index in [2.05, 4.69) is 4.74 Å². The Balaban J connectivity index is 3.01. The van der Waals surface area contributed by atoms with Gasteiger partial charge in [0.15, 0.2) is 6.61 Å². The van der Waals surface area contributed by atoms with E-state index in [0.717, 1.165) is 18.2 Å². The Hall–Kier alpha value is -1.83. The number of hydrogen-bond acceptors (Lipinski definition) is 4. The highest BCUT2D eigenvalue weighted by Crippen LogP contribution is 2.30. The van der Waals surface area contributed by atoms with Crippen LogP contribution in [0.15, 0.2) is 18.2 Å². The molecule has 0 spiro atoms. The fourth-order valence-corrected chi connectivity index (χ4v) is 1.27. The van der Waals surface area contributed by atoms with Crippen LogP contribution in [0.2, 0.25) is 0 Å². The molecule has 8 heteroatoms. The number of non-ortho nitro benzene ring substituents is 1. The Bertz CT molecular complexity index is 445. The summed E-state index contributed by atoms with van der Waals surface area (Å²) in [6.45, 7) is -0.246. The zero-order chi connectivity index (χ0) is 13.9. The lowest BCUT2D eigenvalue weighted by molar-refractivity contribution is -0.385. The van der Waals surface area contributed by atoms with Crippen molar-refractivity contribution in [3.05, 3.63) is 33.9 Å². The average molecular weight is 265 g/mol. The molecular weight excluding hydrogens is 255 g/mol. The molecule has 1 aromatic carbocycles. The van der Waals surface area contributed by atoms with Gasteiger partial charge in [-0.25, -0.2) is 0 Å². The molecule has 18 heavy (non-hydrogen) atoms. The fraction of sp³-hybridized carbons (Fsp3) is 0.400. The number of alkyl halides is 3. The molecular formula is C10H10F3NO4. The summed E-state index contributed by atoms with van der Waals surface area (Å²) >= 11 is 0. The van der Waals surface area contributed by atoms with Crippen molar-refractivity contribution >= 4 is 5.69 Å². The summed E-state index contributed by atoms with van der Waals surface area (Å²) in [5.41, 5.74) is -0.390. The van der Waals surface area contributed by atoms with Crippen LogP contribution in [0.5, 0.6) is 5.75 Å². The van der Waals surface area contributed by atoms with Crippen molar-refractivity contribution in [1.82, 2.24) is 0 Å². The van der Waals surface area contributed by atoms with Gasteiger partial charge < -0.3 is 9.84 Å². The Morgan fingerprint density at radius 1 is 1.50 bits per heavy atom. The van der Waals surface area contributed by atoms with Crippen LogP contribution >= 0.6 is 0 Å². The largest absolute Gasteiger partial charge is 0.484 e. The second-order valence-corrected chi connectivity index (χ2v) is 3.56. The van der Waals surface area contributed by atoms with Gasteiger partial charge >= 0.3 is 6.18 Å². The van der Waals surface area contributed by atoms with Crippen LogP contribution in [-0.2, 0) is 0 Å². The number of nitrogens with zero attached hydrogens (tertiary/aromatic N) is 1. The zero-order valence-electron chi connectivity index (χ0n) is 9.27. The maximum Gasteiger partial charge on any atom is 0.422 e. The summed E-state index contributed by atoms with van der Waals surface area (Å²) in [5, 5.41) is 19.9. The first kappa shape index (κ1) is 14.2. The summed E-state index contributed by atoms with van der Waals surface area (Å²) < 4.78 is 40.4. The first-order valence-corrected chi connectivity index (χ1v) is 4.86. The van der Waals surface area contributed by atoms with Crippen LogP contribution in [-0.4, -0.2) is 22.8 Å². The Morgan fingerprint density at radius 2 is 2.11 bits per heavy atom. The molecule has 0 amide bonds. The summed E-state index contributed by atoms with van der Waals surface area (Å²) in [6, 6.07) is 3.03. The van der Waals surface area contributed by atoms with E-state index < -0.39 is 23.8 Å². The molecule has 1 unspecified atom stereocenters. The highest BCUT2D eigenvalue weighted by Gasteiger charge is 2.29. The van der Waals surface area contributed by atoms with E-state index in [9.17, 15) is 28.4 Å². The number of aliphatic hydroxyl groups is 1. The van der Waals surface area contributed by atoms with Crippen LogP contribution in [0.25, 0.3) is 0 Å². The molecule has 0 aliphatic heterocycles. The molecule has 0 bridgehead atoms. The van der Waals surface area contributed by atoms with Gasteiger partial charge in [0.2, 0.25) is 0 Å². The number of nitro benzene ring substituents is 1. The minimum absolute atomic E-state index is 0.0616. The lowest BCUT2D eigenvalue weighted by Gasteiger charge is -2.14. The molecule has 0 aliphatic rings. The molecule has 0 radical (unpaired) electrons. The summed E-state index contributed by atoms with van der Waals surface area (Å²) in [7, 11) is 0. The first-order chi connectivity index (χ1) is 8.20. The Kier molecular flexibility index (Phi) is 4.12. The highest BCUT2D eigenvalue weighted by atomic mass is 19.4. The molecule has 0 heterocycles. The van der Waals surface area contributed by atoms with Gasteiger partial charge in [-0.3, -0.25) is 10.1 Å². The molecule has 1 aromatic rings. The Morgan fingerprint density at radius 3 is 2.56 bits per heavy atom. The van der Waals surface area contributed by atoms with E-state index in [1.54, 1.807) is 0 Å². The molecule has 0 saturated carbocycles. The van der Waals surface area contributed by atoms with Crippen molar-refractivity contribution in [3.8, 4) is 5.75 Å². The number of benzene rings is 1.